The predicted octanol–water partition coefficient (Wildman–Crippen LogP) is 3.77. The first kappa shape index (κ1) is 15.7. The van der Waals surface area contributed by atoms with Gasteiger partial charge in [-0.3, -0.25) is 0 Å². The third-order valence-electron chi connectivity index (χ3n) is 3.46. The zero-order valence-corrected chi connectivity index (χ0v) is 12.9. The van der Waals surface area contributed by atoms with E-state index in [1.54, 1.807) is 0 Å². The summed E-state index contributed by atoms with van der Waals surface area (Å²) < 4.78 is 1.09. The molecule has 0 saturated heterocycles. The Morgan fingerprint density at radius 3 is 2.50 bits per heavy atom. The number of hydrogen-bond acceptors (Lipinski definition) is 2. The molecule has 0 fully saturated rings. The molecule has 0 aliphatic rings. The van der Waals surface area contributed by atoms with E-state index in [2.05, 4.69) is 35.8 Å². The minimum absolute atomic E-state index is 0.240. The molecule has 18 heavy (non-hydrogen) atoms. The van der Waals surface area contributed by atoms with Gasteiger partial charge in [0.2, 0.25) is 0 Å². The van der Waals surface area contributed by atoms with Crippen LogP contribution in [0.1, 0.15) is 50.2 Å². The van der Waals surface area contributed by atoms with Crippen molar-refractivity contribution in [2.24, 2.45) is 0 Å². The van der Waals surface area contributed by atoms with E-state index in [0.717, 1.165) is 10.9 Å². The van der Waals surface area contributed by atoms with Gasteiger partial charge in [-0.05, 0) is 42.9 Å². The first-order chi connectivity index (χ1) is 8.47. The summed E-state index contributed by atoms with van der Waals surface area (Å²) in [4.78, 5) is 0. The van der Waals surface area contributed by atoms with Crippen LogP contribution in [0.3, 0.4) is 0 Å². The van der Waals surface area contributed by atoms with Crippen LogP contribution in [-0.2, 0) is 0 Å². The van der Waals surface area contributed by atoms with E-state index in [4.69, 9.17) is 0 Å². The van der Waals surface area contributed by atoms with E-state index in [-0.39, 0.29) is 5.92 Å². The van der Waals surface area contributed by atoms with Gasteiger partial charge in [-0.25, -0.2) is 0 Å². The van der Waals surface area contributed by atoms with Gasteiger partial charge in [0.1, 0.15) is 0 Å². The number of aliphatic hydroxyl groups excluding tert-OH is 2. The molecule has 1 aromatic rings. The third kappa shape index (κ3) is 4.08. The Hall–Kier alpha value is -0.380. The van der Waals surface area contributed by atoms with Gasteiger partial charge in [0, 0.05) is 4.47 Å². The summed E-state index contributed by atoms with van der Waals surface area (Å²) in [5, 5.41) is 19.8. The van der Waals surface area contributed by atoms with Gasteiger partial charge < -0.3 is 10.2 Å². The minimum atomic E-state index is -0.640. The lowest BCUT2D eigenvalue weighted by atomic mass is 9.89. The van der Waals surface area contributed by atoms with Crippen LogP contribution < -0.4 is 0 Å². The maximum atomic E-state index is 9.98. The maximum Gasteiger partial charge on any atom is 0.0804 e. The molecule has 0 radical (unpaired) electrons. The highest BCUT2D eigenvalue weighted by atomic mass is 79.9. The topological polar surface area (TPSA) is 40.5 Å². The SMILES string of the molecule is CCCC(O)C(O)CC(C)c1cccc(Br)c1C. The molecule has 0 saturated carbocycles. The van der Waals surface area contributed by atoms with Crippen molar-refractivity contribution >= 4 is 15.9 Å². The van der Waals surface area contributed by atoms with Crippen LogP contribution in [0.15, 0.2) is 22.7 Å². The number of aliphatic hydroxyl groups is 2. The quantitative estimate of drug-likeness (QED) is 0.839. The van der Waals surface area contributed by atoms with Crippen LogP contribution in [0.4, 0.5) is 0 Å². The lowest BCUT2D eigenvalue weighted by molar-refractivity contribution is 0.00635. The zero-order chi connectivity index (χ0) is 13.7. The van der Waals surface area contributed by atoms with Crippen LogP contribution in [0.5, 0.6) is 0 Å². The number of halogens is 1. The largest absolute Gasteiger partial charge is 0.390 e. The van der Waals surface area contributed by atoms with Gasteiger partial charge >= 0.3 is 0 Å². The van der Waals surface area contributed by atoms with Gasteiger partial charge in [0.05, 0.1) is 12.2 Å². The van der Waals surface area contributed by atoms with E-state index in [1.165, 1.54) is 11.1 Å². The number of benzene rings is 1. The second kappa shape index (κ2) is 7.27. The molecule has 0 aliphatic carbocycles. The molecule has 0 bridgehead atoms. The highest BCUT2D eigenvalue weighted by Gasteiger charge is 2.20. The summed E-state index contributed by atoms with van der Waals surface area (Å²) in [5.41, 5.74) is 2.44. The second-order valence-corrected chi connectivity index (χ2v) is 5.87. The van der Waals surface area contributed by atoms with Crippen LogP contribution in [0.25, 0.3) is 0 Å². The molecule has 3 atom stereocenters. The molecule has 0 amide bonds. The zero-order valence-electron chi connectivity index (χ0n) is 11.4. The van der Waals surface area contributed by atoms with Crippen LogP contribution in [0.2, 0.25) is 0 Å². The fourth-order valence-electron chi connectivity index (χ4n) is 2.29. The Kier molecular flexibility index (Phi) is 6.33. The van der Waals surface area contributed by atoms with Crippen molar-refractivity contribution in [1.82, 2.24) is 0 Å². The average molecular weight is 315 g/mol. The Labute approximate surface area is 118 Å². The van der Waals surface area contributed by atoms with Crippen molar-refractivity contribution in [2.45, 2.75) is 58.2 Å². The summed E-state index contributed by atoms with van der Waals surface area (Å²) >= 11 is 3.52. The first-order valence-corrected chi connectivity index (χ1v) is 7.37. The van der Waals surface area contributed by atoms with Crippen LogP contribution in [0, 0.1) is 6.92 Å². The monoisotopic (exact) mass is 314 g/mol. The third-order valence-corrected chi connectivity index (χ3v) is 4.32. The second-order valence-electron chi connectivity index (χ2n) is 5.01. The summed E-state index contributed by atoms with van der Waals surface area (Å²) in [7, 11) is 0. The molecule has 0 spiro atoms. The molecule has 3 heteroatoms. The van der Waals surface area contributed by atoms with Gasteiger partial charge in [0.25, 0.3) is 0 Å². The molecule has 0 heterocycles. The Morgan fingerprint density at radius 2 is 1.89 bits per heavy atom. The minimum Gasteiger partial charge on any atom is -0.390 e. The summed E-state index contributed by atoms with van der Waals surface area (Å²) in [6.45, 7) is 6.18. The Morgan fingerprint density at radius 1 is 1.22 bits per heavy atom. The summed E-state index contributed by atoms with van der Waals surface area (Å²) in [6, 6.07) is 6.12. The van der Waals surface area contributed by atoms with Gasteiger partial charge in [0.15, 0.2) is 0 Å². The van der Waals surface area contributed by atoms with Crippen molar-refractivity contribution in [1.29, 1.82) is 0 Å². The Balaban J connectivity index is 2.70. The van der Waals surface area contributed by atoms with Crippen LogP contribution >= 0.6 is 15.9 Å². The highest BCUT2D eigenvalue weighted by Crippen LogP contribution is 2.29. The smallest absolute Gasteiger partial charge is 0.0804 e. The van der Waals surface area contributed by atoms with Crippen molar-refractivity contribution in [3.05, 3.63) is 33.8 Å². The molecule has 3 unspecified atom stereocenters. The molecule has 0 aliphatic heterocycles. The van der Waals surface area contributed by atoms with E-state index in [9.17, 15) is 10.2 Å². The molecule has 102 valence electrons. The van der Waals surface area contributed by atoms with Crippen molar-refractivity contribution in [2.75, 3.05) is 0 Å². The molecular formula is C15H23BrO2. The lowest BCUT2D eigenvalue weighted by Gasteiger charge is -2.22. The molecule has 1 aromatic carbocycles. The molecule has 0 aromatic heterocycles. The fourth-order valence-corrected chi connectivity index (χ4v) is 2.67. The van der Waals surface area contributed by atoms with Crippen molar-refractivity contribution in [3.63, 3.8) is 0 Å². The van der Waals surface area contributed by atoms with Crippen molar-refractivity contribution < 1.29 is 10.2 Å². The van der Waals surface area contributed by atoms with E-state index >= 15 is 0 Å². The summed E-state index contributed by atoms with van der Waals surface area (Å²) in [5.74, 6) is 0.240. The summed E-state index contributed by atoms with van der Waals surface area (Å²) in [6.07, 6.45) is 0.898. The van der Waals surface area contributed by atoms with Gasteiger partial charge in [-0.2, -0.15) is 0 Å². The Bertz CT molecular complexity index is 379. The van der Waals surface area contributed by atoms with Crippen LogP contribution in [-0.4, -0.2) is 22.4 Å². The number of rotatable bonds is 6. The molecule has 1 rings (SSSR count). The standard InChI is InChI=1S/C15H23BrO2/c1-4-6-14(17)15(18)9-10(2)12-7-5-8-13(16)11(12)3/h5,7-8,10,14-15,17-18H,4,6,9H2,1-3H3. The predicted molar refractivity (Wildman–Crippen MR) is 78.8 cm³/mol. The maximum absolute atomic E-state index is 9.98. The van der Waals surface area contributed by atoms with Crippen molar-refractivity contribution in [3.8, 4) is 0 Å². The van der Waals surface area contributed by atoms with E-state index in [1.807, 2.05) is 19.1 Å². The van der Waals surface area contributed by atoms with E-state index in [0.29, 0.717) is 12.8 Å². The lowest BCUT2D eigenvalue weighted by Crippen LogP contribution is -2.27. The fraction of sp³-hybridized carbons (Fsp3) is 0.600. The van der Waals surface area contributed by atoms with Gasteiger partial charge in [-0.1, -0.05) is 48.3 Å². The highest BCUT2D eigenvalue weighted by molar-refractivity contribution is 9.10. The molecule has 2 nitrogen and oxygen atoms in total. The molecule has 2 N–H and O–H groups in total. The number of hydrogen-bond donors (Lipinski definition) is 2. The molecular weight excluding hydrogens is 292 g/mol. The normalized spacial score (nSPS) is 16.3. The average Bonchev–Trinajstić information content (AvgIpc) is 2.32. The van der Waals surface area contributed by atoms with Gasteiger partial charge in [-0.15, -0.1) is 0 Å². The van der Waals surface area contributed by atoms with E-state index < -0.39 is 12.2 Å². The first-order valence-electron chi connectivity index (χ1n) is 6.58.